The molecule has 1 aromatic heterocycles. The van der Waals surface area contributed by atoms with Crippen molar-refractivity contribution in [2.45, 2.75) is 25.5 Å². The van der Waals surface area contributed by atoms with Gasteiger partial charge in [0.05, 0.1) is 5.25 Å². The minimum atomic E-state index is -3.47. The molecule has 1 unspecified atom stereocenters. The summed E-state index contributed by atoms with van der Waals surface area (Å²) in [5.74, 6) is 0.664. The molecule has 1 heterocycles. The zero-order chi connectivity index (χ0) is 10.8. The highest BCUT2D eigenvalue weighted by molar-refractivity contribution is 7.89. The first-order valence-electron chi connectivity index (χ1n) is 4.18. The molecular weight excluding hydrogens is 202 g/mol. The number of primary sulfonamides is 1. The molecule has 0 bridgehead atoms. The highest BCUT2D eigenvalue weighted by atomic mass is 32.2. The molecule has 0 radical (unpaired) electrons. The maximum Gasteiger partial charge on any atom is 0.212 e. The van der Waals surface area contributed by atoms with Crippen molar-refractivity contribution in [2.24, 2.45) is 5.14 Å². The fraction of sp³-hybridized carbons (Fsp3) is 0.500. The summed E-state index contributed by atoms with van der Waals surface area (Å²) in [6.07, 6.45) is 3.58. The lowest BCUT2D eigenvalue weighted by atomic mass is 10.2. The van der Waals surface area contributed by atoms with E-state index in [1.54, 1.807) is 26.2 Å². The van der Waals surface area contributed by atoms with E-state index in [-0.39, 0.29) is 0 Å². The average Bonchev–Trinajstić information content (AvgIpc) is 2.07. The summed E-state index contributed by atoms with van der Waals surface area (Å²) in [6, 6.07) is 0. The van der Waals surface area contributed by atoms with Crippen LogP contribution in [0.2, 0.25) is 0 Å². The Kier molecular flexibility index (Phi) is 3.17. The molecule has 78 valence electrons. The van der Waals surface area contributed by atoms with Gasteiger partial charge in [-0.2, -0.15) is 0 Å². The Hall–Kier alpha value is -1.01. The summed E-state index contributed by atoms with van der Waals surface area (Å²) in [5, 5.41) is 4.39. The van der Waals surface area contributed by atoms with Crippen LogP contribution in [-0.2, 0) is 16.4 Å². The first-order valence-corrected chi connectivity index (χ1v) is 5.79. The quantitative estimate of drug-likeness (QED) is 0.769. The van der Waals surface area contributed by atoms with Crippen LogP contribution < -0.4 is 5.14 Å². The van der Waals surface area contributed by atoms with Crippen molar-refractivity contribution in [1.29, 1.82) is 0 Å². The minimum Gasteiger partial charge on any atom is -0.241 e. The molecule has 0 fully saturated rings. The largest absolute Gasteiger partial charge is 0.241 e. The van der Waals surface area contributed by atoms with Gasteiger partial charge < -0.3 is 0 Å². The Morgan fingerprint density at radius 1 is 1.43 bits per heavy atom. The summed E-state index contributed by atoms with van der Waals surface area (Å²) in [5.41, 5.74) is 0.775. The topological polar surface area (TPSA) is 85.9 Å². The zero-order valence-corrected chi connectivity index (χ0v) is 8.95. The first-order chi connectivity index (χ1) is 6.39. The molecule has 0 spiro atoms. The normalized spacial score (nSPS) is 13.9. The van der Waals surface area contributed by atoms with Gasteiger partial charge in [0, 0.05) is 12.4 Å². The summed E-state index contributed by atoms with van der Waals surface area (Å²) in [6.45, 7) is 3.34. The van der Waals surface area contributed by atoms with E-state index in [9.17, 15) is 8.42 Å². The Morgan fingerprint density at radius 2 is 1.93 bits per heavy atom. The van der Waals surface area contributed by atoms with Crippen LogP contribution in [0.3, 0.4) is 0 Å². The van der Waals surface area contributed by atoms with Crippen LogP contribution in [0.25, 0.3) is 0 Å². The van der Waals surface area contributed by atoms with E-state index >= 15 is 0 Å². The van der Waals surface area contributed by atoms with E-state index in [1.807, 2.05) is 0 Å². The number of hydrogen-bond donors (Lipinski definition) is 1. The first kappa shape index (κ1) is 11.1. The predicted molar refractivity (Wildman–Crippen MR) is 53.0 cm³/mol. The maximum atomic E-state index is 10.9. The van der Waals surface area contributed by atoms with Gasteiger partial charge in [-0.1, -0.05) is 0 Å². The van der Waals surface area contributed by atoms with Gasteiger partial charge in [-0.15, -0.1) is 0 Å². The summed E-state index contributed by atoms with van der Waals surface area (Å²) in [7, 11) is -3.47. The standard InChI is InChI=1S/C8H13N3O2S/c1-6(14(9,12)13)3-8-4-10-7(2)11-5-8/h4-6H,3H2,1-2H3,(H2,9,12,13). The van der Waals surface area contributed by atoms with Gasteiger partial charge in [-0.25, -0.2) is 23.5 Å². The molecule has 1 atom stereocenters. The van der Waals surface area contributed by atoms with Gasteiger partial charge in [-0.3, -0.25) is 0 Å². The predicted octanol–water partition coefficient (Wildman–Crippen LogP) is 0.00452. The lowest BCUT2D eigenvalue weighted by molar-refractivity contribution is 0.584. The van der Waals surface area contributed by atoms with E-state index in [1.165, 1.54) is 0 Å². The smallest absolute Gasteiger partial charge is 0.212 e. The fourth-order valence-corrected chi connectivity index (χ4v) is 1.40. The van der Waals surface area contributed by atoms with E-state index in [2.05, 4.69) is 9.97 Å². The molecule has 6 heteroatoms. The van der Waals surface area contributed by atoms with Crippen LogP contribution in [-0.4, -0.2) is 23.6 Å². The maximum absolute atomic E-state index is 10.9. The van der Waals surface area contributed by atoms with Gasteiger partial charge in [0.2, 0.25) is 10.0 Å². The van der Waals surface area contributed by atoms with E-state index in [0.717, 1.165) is 5.56 Å². The number of hydrogen-bond acceptors (Lipinski definition) is 4. The van der Waals surface area contributed by atoms with Crippen LogP contribution >= 0.6 is 0 Å². The molecule has 0 amide bonds. The fourth-order valence-electron chi connectivity index (χ4n) is 0.973. The Balaban J connectivity index is 2.75. The van der Waals surface area contributed by atoms with Crippen molar-refractivity contribution >= 4 is 10.0 Å². The average molecular weight is 215 g/mol. The summed E-state index contributed by atoms with van der Waals surface area (Å²) >= 11 is 0. The van der Waals surface area contributed by atoms with Gasteiger partial charge in [0.1, 0.15) is 5.82 Å². The molecule has 0 saturated heterocycles. The molecule has 2 N–H and O–H groups in total. The molecule has 14 heavy (non-hydrogen) atoms. The second-order valence-electron chi connectivity index (χ2n) is 3.24. The van der Waals surface area contributed by atoms with Crippen LogP contribution in [0.5, 0.6) is 0 Å². The molecule has 1 rings (SSSR count). The van der Waals surface area contributed by atoms with Crippen molar-refractivity contribution in [2.75, 3.05) is 0 Å². The van der Waals surface area contributed by atoms with Crippen LogP contribution in [0, 0.1) is 6.92 Å². The molecule has 0 aliphatic carbocycles. The van der Waals surface area contributed by atoms with Crippen LogP contribution in [0.1, 0.15) is 18.3 Å². The van der Waals surface area contributed by atoms with Crippen molar-refractivity contribution in [3.8, 4) is 0 Å². The van der Waals surface area contributed by atoms with Crippen molar-refractivity contribution < 1.29 is 8.42 Å². The third-order valence-electron chi connectivity index (χ3n) is 1.92. The van der Waals surface area contributed by atoms with Gasteiger partial charge in [0.25, 0.3) is 0 Å². The molecule has 0 saturated carbocycles. The SMILES string of the molecule is Cc1ncc(CC(C)S(N)(=O)=O)cn1. The van der Waals surface area contributed by atoms with Crippen LogP contribution in [0.15, 0.2) is 12.4 Å². The van der Waals surface area contributed by atoms with E-state index in [0.29, 0.717) is 12.2 Å². The number of sulfonamides is 1. The molecular formula is C8H13N3O2S. The number of nitrogens with zero attached hydrogens (tertiary/aromatic N) is 2. The van der Waals surface area contributed by atoms with Gasteiger partial charge in [-0.05, 0) is 25.8 Å². The third-order valence-corrected chi connectivity index (χ3v) is 3.21. The number of nitrogens with two attached hydrogens (primary N) is 1. The molecule has 5 nitrogen and oxygen atoms in total. The number of rotatable bonds is 3. The highest BCUT2D eigenvalue weighted by Gasteiger charge is 2.15. The second-order valence-corrected chi connectivity index (χ2v) is 5.23. The molecule has 0 aromatic carbocycles. The Labute approximate surface area is 83.4 Å². The minimum absolute atomic E-state index is 0.346. The molecule has 0 aliphatic heterocycles. The van der Waals surface area contributed by atoms with E-state index in [4.69, 9.17) is 5.14 Å². The Bertz CT molecular complexity index is 399. The third kappa shape index (κ3) is 3.04. The van der Waals surface area contributed by atoms with Crippen molar-refractivity contribution in [1.82, 2.24) is 9.97 Å². The Morgan fingerprint density at radius 3 is 2.36 bits per heavy atom. The lowest BCUT2D eigenvalue weighted by Crippen LogP contribution is -2.27. The summed E-state index contributed by atoms with van der Waals surface area (Å²) < 4.78 is 21.9. The lowest BCUT2D eigenvalue weighted by Gasteiger charge is -2.07. The molecule has 0 aliphatic rings. The molecule has 1 aromatic rings. The van der Waals surface area contributed by atoms with Crippen molar-refractivity contribution in [3.63, 3.8) is 0 Å². The number of aryl methyl sites for hydroxylation is 1. The van der Waals surface area contributed by atoms with E-state index < -0.39 is 15.3 Å². The summed E-state index contributed by atoms with van der Waals surface area (Å²) in [4.78, 5) is 7.93. The number of aromatic nitrogens is 2. The van der Waals surface area contributed by atoms with Gasteiger partial charge >= 0.3 is 0 Å². The van der Waals surface area contributed by atoms with Crippen LogP contribution in [0.4, 0.5) is 0 Å². The highest BCUT2D eigenvalue weighted by Crippen LogP contribution is 2.05. The monoisotopic (exact) mass is 215 g/mol. The second kappa shape index (κ2) is 4.02. The van der Waals surface area contributed by atoms with Crippen molar-refractivity contribution in [3.05, 3.63) is 23.8 Å². The van der Waals surface area contributed by atoms with Gasteiger partial charge in [0.15, 0.2) is 0 Å². The zero-order valence-electron chi connectivity index (χ0n) is 8.14.